The Balaban J connectivity index is 2.96. The van der Waals surface area contributed by atoms with E-state index < -0.39 is 48.4 Å². The maximum Gasteiger partial charge on any atom is 0.393 e. The van der Waals surface area contributed by atoms with Crippen molar-refractivity contribution in [3.05, 3.63) is 0 Å². The first kappa shape index (κ1) is 14.8. The van der Waals surface area contributed by atoms with E-state index in [0.29, 0.717) is 0 Å². The summed E-state index contributed by atoms with van der Waals surface area (Å²) in [4.78, 5) is 23.7. The van der Waals surface area contributed by atoms with Crippen LogP contribution < -0.4 is 0 Å². The van der Waals surface area contributed by atoms with E-state index in [1.54, 1.807) is 20.8 Å². The number of carbonyl (C=O) groups excluding carboxylic acids is 1. The summed E-state index contributed by atoms with van der Waals surface area (Å²) in [5.41, 5.74) is -0.895. The van der Waals surface area contributed by atoms with Crippen molar-refractivity contribution < 1.29 is 27.9 Å². The number of carboxylic acids is 1. The highest BCUT2D eigenvalue weighted by Gasteiger charge is 2.52. The topological polar surface area (TPSA) is 57.6 Å². The number of hydrogen-bond acceptors (Lipinski definition) is 2. The van der Waals surface area contributed by atoms with Gasteiger partial charge in [0.15, 0.2) is 0 Å². The van der Waals surface area contributed by atoms with Crippen LogP contribution in [0.2, 0.25) is 0 Å². The van der Waals surface area contributed by atoms with Gasteiger partial charge in [0.25, 0.3) is 0 Å². The van der Waals surface area contributed by atoms with Crippen molar-refractivity contribution in [1.29, 1.82) is 0 Å². The standard InChI is InChI=1S/C11H16F3NO3/c1-10(2,3)9(18)15-5-6(11(12,13)14)4-7(15)8(16)17/h6-7H,4-5H2,1-3H3,(H,16,17)/t6-,7-/m0/s1. The Bertz CT molecular complexity index is 360. The van der Waals surface area contributed by atoms with Gasteiger partial charge < -0.3 is 10.0 Å². The summed E-state index contributed by atoms with van der Waals surface area (Å²) in [5, 5.41) is 8.92. The highest BCUT2D eigenvalue weighted by molar-refractivity contribution is 5.87. The third-order valence-corrected chi connectivity index (χ3v) is 2.95. The van der Waals surface area contributed by atoms with Gasteiger partial charge in [0, 0.05) is 12.0 Å². The molecule has 1 saturated heterocycles. The predicted octanol–water partition coefficient (Wildman–Crippen LogP) is 1.90. The number of rotatable bonds is 1. The highest BCUT2D eigenvalue weighted by atomic mass is 19.4. The number of alkyl halides is 3. The number of likely N-dealkylation sites (tertiary alicyclic amines) is 1. The fourth-order valence-corrected chi connectivity index (χ4v) is 1.96. The van der Waals surface area contributed by atoms with Gasteiger partial charge in [-0.3, -0.25) is 4.79 Å². The molecule has 0 radical (unpaired) electrons. The third-order valence-electron chi connectivity index (χ3n) is 2.95. The maximum atomic E-state index is 12.6. The van der Waals surface area contributed by atoms with Crippen LogP contribution in [0, 0.1) is 11.3 Å². The normalized spacial score (nSPS) is 25.3. The molecule has 4 nitrogen and oxygen atoms in total. The number of aliphatic carboxylic acids is 1. The quantitative estimate of drug-likeness (QED) is 0.789. The number of carbonyl (C=O) groups is 2. The molecule has 1 aliphatic heterocycles. The van der Waals surface area contributed by atoms with Crippen LogP contribution in [0.25, 0.3) is 0 Å². The molecule has 1 aliphatic rings. The molecular formula is C11H16F3NO3. The minimum atomic E-state index is -4.47. The second-order valence-electron chi connectivity index (χ2n) is 5.54. The van der Waals surface area contributed by atoms with Gasteiger partial charge in [-0.2, -0.15) is 13.2 Å². The van der Waals surface area contributed by atoms with E-state index in [9.17, 15) is 22.8 Å². The molecule has 2 atom stereocenters. The van der Waals surface area contributed by atoms with Crippen LogP contribution in [0.15, 0.2) is 0 Å². The molecule has 1 rings (SSSR count). The lowest BCUT2D eigenvalue weighted by Gasteiger charge is -2.29. The van der Waals surface area contributed by atoms with Crippen LogP contribution in [-0.4, -0.2) is 40.6 Å². The Morgan fingerprint density at radius 3 is 2.06 bits per heavy atom. The molecule has 7 heteroatoms. The predicted molar refractivity (Wildman–Crippen MR) is 56.8 cm³/mol. The first-order chi connectivity index (χ1) is 7.94. The average molecular weight is 267 g/mol. The van der Waals surface area contributed by atoms with Crippen molar-refractivity contribution in [3.8, 4) is 0 Å². The number of amides is 1. The lowest BCUT2D eigenvalue weighted by molar-refractivity contribution is -0.171. The van der Waals surface area contributed by atoms with Gasteiger partial charge >= 0.3 is 12.1 Å². The smallest absolute Gasteiger partial charge is 0.393 e. The van der Waals surface area contributed by atoms with Crippen LogP contribution >= 0.6 is 0 Å². The minimum Gasteiger partial charge on any atom is -0.480 e. The van der Waals surface area contributed by atoms with Crippen LogP contribution in [0.4, 0.5) is 13.2 Å². The largest absolute Gasteiger partial charge is 0.480 e. The summed E-state index contributed by atoms with van der Waals surface area (Å²) < 4.78 is 37.8. The molecule has 0 aromatic carbocycles. The Morgan fingerprint density at radius 2 is 1.72 bits per heavy atom. The van der Waals surface area contributed by atoms with Gasteiger partial charge in [-0.15, -0.1) is 0 Å². The third kappa shape index (κ3) is 2.94. The summed E-state index contributed by atoms with van der Waals surface area (Å²) in [6, 6.07) is -1.39. The zero-order chi connectivity index (χ0) is 14.3. The molecule has 1 heterocycles. The lowest BCUT2D eigenvalue weighted by atomic mass is 9.94. The van der Waals surface area contributed by atoms with Gasteiger partial charge in [-0.05, 0) is 6.42 Å². The second kappa shape index (κ2) is 4.44. The summed E-state index contributed by atoms with van der Waals surface area (Å²) in [7, 11) is 0. The molecule has 0 unspecified atom stereocenters. The number of nitrogens with zero attached hydrogens (tertiary/aromatic N) is 1. The molecule has 1 fully saturated rings. The summed E-state index contributed by atoms with van der Waals surface area (Å²) >= 11 is 0. The summed E-state index contributed by atoms with van der Waals surface area (Å²) in [6.45, 7) is 4.08. The van der Waals surface area contributed by atoms with Crippen molar-refractivity contribution in [1.82, 2.24) is 4.90 Å². The van der Waals surface area contributed by atoms with Gasteiger partial charge in [-0.1, -0.05) is 20.8 Å². The molecule has 18 heavy (non-hydrogen) atoms. The average Bonchev–Trinajstić information content (AvgIpc) is 2.58. The van der Waals surface area contributed by atoms with E-state index in [2.05, 4.69) is 0 Å². The summed E-state index contributed by atoms with van der Waals surface area (Å²) in [6.07, 6.45) is -5.04. The van der Waals surface area contributed by atoms with E-state index in [0.717, 1.165) is 4.90 Å². The molecule has 1 amide bonds. The Kier molecular flexibility index (Phi) is 3.65. The fourth-order valence-electron chi connectivity index (χ4n) is 1.96. The lowest BCUT2D eigenvalue weighted by Crippen LogP contribution is -2.46. The molecule has 0 aromatic rings. The number of hydrogen-bond donors (Lipinski definition) is 1. The molecule has 0 aliphatic carbocycles. The molecule has 104 valence electrons. The zero-order valence-electron chi connectivity index (χ0n) is 10.4. The highest BCUT2D eigenvalue weighted by Crippen LogP contribution is 2.38. The van der Waals surface area contributed by atoms with Crippen LogP contribution in [0.1, 0.15) is 27.2 Å². The van der Waals surface area contributed by atoms with Gasteiger partial charge in [-0.25, -0.2) is 4.79 Å². The summed E-state index contributed by atoms with van der Waals surface area (Å²) in [5.74, 6) is -3.72. The first-order valence-electron chi connectivity index (χ1n) is 5.55. The van der Waals surface area contributed by atoms with Crippen LogP contribution in [0.5, 0.6) is 0 Å². The van der Waals surface area contributed by atoms with Crippen molar-refractivity contribution in [2.24, 2.45) is 11.3 Å². The van der Waals surface area contributed by atoms with Gasteiger partial charge in [0.1, 0.15) is 6.04 Å². The van der Waals surface area contributed by atoms with Crippen LogP contribution in [-0.2, 0) is 9.59 Å². The van der Waals surface area contributed by atoms with E-state index in [1.807, 2.05) is 0 Å². The van der Waals surface area contributed by atoms with Gasteiger partial charge in [0.05, 0.1) is 5.92 Å². The van der Waals surface area contributed by atoms with Crippen LogP contribution in [0.3, 0.4) is 0 Å². The Morgan fingerprint density at radius 1 is 1.22 bits per heavy atom. The number of halogens is 3. The van der Waals surface area contributed by atoms with E-state index in [-0.39, 0.29) is 0 Å². The molecular weight excluding hydrogens is 251 g/mol. The zero-order valence-corrected chi connectivity index (χ0v) is 10.4. The van der Waals surface area contributed by atoms with E-state index >= 15 is 0 Å². The second-order valence-corrected chi connectivity index (χ2v) is 5.54. The van der Waals surface area contributed by atoms with E-state index in [1.165, 1.54) is 0 Å². The molecule has 0 saturated carbocycles. The van der Waals surface area contributed by atoms with E-state index in [4.69, 9.17) is 5.11 Å². The molecule has 1 N–H and O–H groups in total. The van der Waals surface area contributed by atoms with Crippen molar-refractivity contribution in [3.63, 3.8) is 0 Å². The SMILES string of the molecule is CC(C)(C)C(=O)N1C[C@@H](C(F)(F)F)C[C@H]1C(=O)O. The van der Waals surface area contributed by atoms with Crippen molar-refractivity contribution >= 4 is 11.9 Å². The molecule has 0 aromatic heterocycles. The van der Waals surface area contributed by atoms with Crippen molar-refractivity contribution in [2.45, 2.75) is 39.4 Å². The number of carboxylic acid groups (broad SMARTS) is 1. The Labute approximate surface area is 103 Å². The fraction of sp³-hybridized carbons (Fsp3) is 0.818. The monoisotopic (exact) mass is 267 g/mol. The molecule has 0 bridgehead atoms. The van der Waals surface area contributed by atoms with Gasteiger partial charge in [0.2, 0.25) is 5.91 Å². The Hall–Kier alpha value is -1.27. The maximum absolute atomic E-state index is 12.6. The minimum absolute atomic E-state index is 0.568. The molecule has 0 spiro atoms. The first-order valence-corrected chi connectivity index (χ1v) is 5.55. The van der Waals surface area contributed by atoms with Crippen molar-refractivity contribution in [2.75, 3.05) is 6.54 Å².